The molecular weight excluding hydrogens is 204 g/mol. The van der Waals surface area contributed by atoms with Crippen molar-refractivity contribution in [2.24, 2.45) is 0 Å². The van der Waals surface area contributed by atoms with Crippen molar-refractivity contribution in [3.05, 3.63) is 0 Å². The second kappa shape index (κ2) is 5.83. The third-order valence-electron chi connectivity index (χ3n) is 2.36. The molecule has 0 aromatic carbocycles. The summed E-state index contributed by atoms with van der Waals surface area (Å²) in [6.45, 7) is 0. The summed E-state index contributed by atoms with van der Waals surface area (Å²) < 4.78 is 11.6. The molecule has 0 N–H and O–H groups in total. The first-order chi connectivity index (χ1) is 6.27. The number of rotatable bonds is 2. The maximum atomic E-state index is 5.61. The van der Waals surface area contributed by atoms with Gasteiger partial charge in [-0.2, -0.15) is 0 Å². The molecule has 4 heteroatoms. The second-order valence-electron chi connectivity index (χ2n) is 3.17. The van der Waals surface area contributed by atoms with Crippen LogP contribution in [0.4, 0.5) is 0 Å². The van der Waals surface area contributed by atoms with Crippen molar-refractivity contribution in [1.29, 1.82) is 0 Å². The fraction of sp³-hybridized carbons (Fsp3) is 0.889. The van der Waals surface area contributed by atoms with Gasteiger partial charge in [-0.05, 0) is 37.7 Å². The van der Waals surface area contributed by atoms with Crippen LogP contribution >= 0.6 is 24.0 Å². The zero-order chi connectivity index (χ0) is 9.68. The Labute approximate surface area is 89.4 Å². The Kier molecular flexibility index (Phi) is 5.06. The molecule has 13 heavy (non-hydrogen) atoms. The van der Waals surface area contributed by atoms with E-state index >= 15 is 0 Å². The highest BCUT2D eigenvalue weighted by molar-refractivity contribution is 8.22. The predicted octanol–water partition coefficient (Wildman–Crippen LogP) is 2.61. The highest BCUT2D eigenvalue weighted by atomic mass is 32.2. The molecule has 1 rings (SSSR count). The molecule has 0 aliphatic heterocycles. The lowest BCUT2D eigenvalue weighted by Gasteiger charge is -2.30. The van der Waals surface area contributed by atoms with Gasteiger partial charge >= 0.3 is 0 Å². The van der Waals surface area contributed by atoms with Crippen LogP contribution < -0.4 is 0 Å². The average Bonchev–Trinajstić information content (AvgIpc) is 2.18. The fourth-order valence-corrected chi connectivity index (χ4v) is 1.98. The molecule has 1 aliphatic carbocycles. The van der Waals surface area contributed by atoms with E-state index in [-0.39, 0.29) is 12.2 Å². The van der Waals surface area contributed by atoms with E-state index in [4.69, 9.17) is 21.7 Å². The van der Waals surface area contributed by atoms with Crippen LogP contribution in [0.3, 0.4) is 0 Å². The normalized spacial score (nSPS) is 28.5. The predicted molar refractivity (Wildman–Crippen MR) is 60.3 cm³/mol. The molecule has 0 spiro atoms. The van der Waals surface area contributed by atoms with E-state index in [1.807, 2.05) is 6.26 Å². The van der Waals surface area contributed by atoms with Crippen molar-refractivity contribution in [1.82, 2.24) is 0 Å². The number of methoxy groups -OCH3 is 1. The molecule has 0 amide bonds. The molecule has 0 bridgehead atoms. The minimum absolute atomic E-state index is 0.179. The third kappa shape index (κ3) is 3.44. The Morgan fingerprint density at radius 3 is 2.46 bits per heavy atom. The van der Waals surface area contributed by atoms with Crippen LogP contribution in [0.15, 0.2) is 0 Å². The lowest BCUT2D eigenvalue weighted by atomic mass is 9.95. The van der Waals surface area contributed by atoms with E-state index in [1.165, 1.54) is 24.6 Å². The van der Waals surface area contributed by atoms with Crippen LogP contribution in [0, 0.1) is 0 Å². The standard InChI is InChI=1S/C9H16O2S2/c1-10-7-5-3-4-6-8(7)11-9(12)13-2/h7-8H,3-6H2,1-2H3/t7-,8+/m1/s1. The fourth-order valence-electron chi connectivity index (χ4n) is 1.64. The zero-order valence-electron chi connectivity index (χ0n) is 8.12. The van der Waals surface area contributed by atoms with E-state index in [0.717, 1.165) is 12.8 Å². The summed E-state index contributed by atoms with van der Waals surface area (Å²) in [5.74, 6) is 0. The topological polar surface area (TPSA) is 18.5 Å². The minimum atomic E-state index is 0.179. The van der Waals surface area contributed by atoms with Crippen molar-refractivity contribution in [3.8, 4) is 0 Å². The largest absolute Gasteiger partial charge is 0.473 e. The van der Waals surface area contributed by atoms with Crippen LogP contribution in [0.1, 0.15) is 25.7 Å². The van der Waals surface area contributed by atoms with E-state index < -0.39 is 0 Å². The maximum absolute atomic E-state index is 5.61. The highest BCUT2D eigenvalue weighted by Crippen LogP contribution is 2.24. The lowest BCUT2D eigenvalue weighted by molar-refractivity contribution is -0.0254. The van der Waals surface area contributed by atoms with E-state index in [1.54, 1.807) is 7.11 Å². The van der Waals surface area contributed by atoms with Crippen molar-refractivity contribution < 1.29 is 9.47 Å². The molecule has 2 nitrogen and oxygen atoms in total. The number of thiocarbonyl (C=S) groups is 1. The first kappa shape index (κ1) is 11.3. The van der Waals surface area contributed by atoms with E-state index in [9.17, 15) is 0 Å². The number of hydrogen-bond donors (Lipinski definition) is 0. The number of thioether (sulfide) groups is 1. The Hall–Kier alpha value is 0.200. The van der Waals surface area contributed by atoms with E-state index in [0.29, 0.717) is 4.38 Å². The molecule has 0 radical (unpaired) electrons. The molecule has 1 aliphatic rings. The van der Waals surface area contributed by atoms with Gasteiger partial charge in [0.25, 0.3) is 0 Å². The van der Waals surface area contributed by atoms with Gasteiger partial charge in [0.05, 0.1) is 6.10 Å². The van der Waals surface area contributed by atoms with Crippen molar-refractivity contribution in [3.63, 3.8) is 0 Å². The molecule has 1 fully saturated rings. The summed E-state index contributed by atoms with van der Waals surface area (Å²) in [6, 6.07) is 0. The highest BCUT2D eigenvalue weighted by Gasteiger charge is 2.26. The SMILES string of the molecule is CO[C@@H]1CCCC[C@@H]1OC(=S)SC. The lowest BCUT2D eigenvalue weighted by Crippen LogP contribution is -2.34. The van der Waals surface area contributed by atoms with Gasteiger partial charge in [-0.1, -0.05) is 18.2 Å². The van der Waals surface area contributed by atoms with Gasteiger partial charge in [-0.3, -0.25) is 0 Å². The summed E-state index contributed by atoms with van der Waals surface area (Å²) in [4.78, 5) is 0. The van der Waals surface area contributed by atoms with Crippen LogP contribution in [-0.2, 0) is 9.47 Å². The molecular formula is C9H16O2S2. The van der Waals surface area contributed by atoms with Crippen molar-refractivity contribution in [2.45, 2.75) is 37.9 Å². The second-order valence-corrected chi connectivity index (χ2v) is 4.58. The van der Waals surface area contributed by atoms with Gasteiger partial charge in [0.15, 0.2) is 0 Å². The molecule has 1 saturated carbocycles. The van der Waals surface area contributed by atoms with Gasteiger partial charge in [-0.25, -0.2) is 0 Å². The van der Waals surface area contributed by atoms with Gasteiger partial charge in [0.1, 0.15) is 6.10 Å². The summed E-state index contributed by atoms with van der Waals surface area (Å²) in [6.07, 6.45) is 6.98. The summed E-state index contributed by atoms with van der Waals surface area (Å²) in [7, 11) is 1.74. The quantitative estimate of drug-likeness (QED) is 0.666. The molecule has 76 valence electrons. The molecule has 2 atom stereocenters. The van der Waals surface area contributed by atoms with E-state index in [2.05, 4.69) is 0 Å². The molecule has 0 heterocycles. The summed E-state index contributed by atoms with van der Waals surface area (Å²) in [5.41, 5.74) is 0. The number of hydrogen-bond acceptors (Lipinski definition) is 4. The van der Waals surface area contributed by atoms with Crippen molar-refractivity contribution in [2.75, 3.05) is 13.4 Å². The zero-order valence-corrected chi connectivity index (χ0v) is 9.75. The molecule has 0 aromatic heterocycles. The minimum Gasteiger partial charge on any atom is -0.473 e. The van der Waals surface area contributed by atoms with Gasteiger partial charge in [0.2, 0.25) is 4.38 Å². The molecule has 0 unspecified atom stereocenters. The first-order valence-corrected chi connectivity index (χ1v) is 6.18. The number of ether oxygens (including phenoxy) is 2. The van der Waals surface area contributed by atoms with Gasteiger partial charge < -0.3 is 9.47 Å². The van der Waals surface area contributed by atoms with Crippen LogP contribution in [0.5, 0.6) is 0 Å². The van der Waals surface area contributed by atoms with Crippen molar-refractivity contribution >= 4 is 28.4 Å². The summed E-state index contributed by atoms with van der Waals surface area (Å²) in [5, 5.41) is 0. The van der Waals surface area contributed by atoms with Gasteiger partial charge in [0, 0.05) is 7.11 Å². The first-order valence-electron chi connectivity index (χ1n) is 4.55. The Morgan fingerprint density at radius 1 is 1.31 bits per heavy atom. The summed E-state index contributed by atoms with van der Waals surface area (Å²) >= 11 is 6.51. The smallest absolute Gasteiger partial charge is 0.220 e. The van der Waals surface area contributed by atoms with Crippen LogP contribution in [0.2, 0.25) is 0 Å². The monoisotopic (exact) mass is 220 g/mol. The Balaban J connectivity index is 2.40. The maximum Gasteiger partial charge on any atom is 0.220 e. The molecule has 0 saturated heterocycles. The Bertz CT molecular complexity index is 173. The van der Waals surface area contributed by atoms with Gasteiger partial charge in [-0.15, -0.1) is 0 Å². The van der Waals surface area contributed by atoms with Crippen LogP contribution in [-0.4, -0.2) is 30.0 Å². The van der Waals surface area contributed by atoms with Crippen LogP contribution in [0.25, 0.3) is 0 Å². The average molecular weight is 220 g/mol. The molecule has 0 aromatic rings. The Morgan fingerprint density at radius 2 is 1.92 bits per heavy atom. The third-order valence-corrected chi connectivity index (χ3v) is 3.38.